The molecule has 0 radical (unpaired) electrons. The lowest BCUT2D eigenvalue weighted by Gasteiger charge is -2.28. The first-order valence-electron chi connectivity index (χ1n) is 6.69. The molecule has 6 heteroatoms. The highest BCUT2D eigenvalue weighted by Crippen LogP contribution is 2.30. The molecule has 1 unspecified atom stereocenters. The maximum absolute atomic E-state index is 13.7. The summed E-state index contributed by atoms with van der Waals surface area (Å²) in [6.45, 7) is 2.74. The van der Waals surface area contributed by atoms with Crippen LogP contribution >= 0.6 is 11.6 Å². The number of hydrogen-bond acceptors (Lipinski definition) is 2. The minimum atomic E-state index is -0.868. The Morgan fingerprint density at radius 1 is 1.50 bits per heavy atom. The number of benzene rings is 1. The summed E-state index contributed by atoms with van der Waals surface area (Å²) >= 11 is 5.79. The van der Waals surface area contributed by atoms with Gasteiger partial charge in [0.1, 0.15) is 5.82 Å². The Morgan fingerprint density at radius 2 is 2.25 bits per heavy atom. The second kappa shape index (κ2) is 6.06. The Hall–Kier alpha value is -1.20. The smallest absolute Gasteiger partial charge is 0.244 e. The van der Waals surface area contributed by atoms with Gasteiger partial charge in [-0.2, -0.15) is 0 Å². The molecule has 1 heterocycles. The van der Waals surface area contributed by atoms with Gasteiger partial charge in [-0.25, -0.2) is 8.78 Å². The van der Waals surface area contributed by atoms with Gasteiger partial charge in [-0.15, -0.1) is 0 Å². The second-order valence-electron chi connectivity index (χ2n) is 5.06. The fourth-order valence-corrected chi connectivity index (χ4v) is 2.89. The van der Waals surface area contributed by atoms with Crippen LogP contribution in [0.2, 0.25) is 5.02 Å². The third-order valence-corrected chi connectivity index (χ3v) is 3.90. The third kappa shape index (κ3) is 2.94. The van der Waals surface area contributed by atoms with E-state index in [9.17, 15) is 13.6 Å². The molecule has 20 heavy (non-hydrogen) atoms. The Kier molecular flexibility index (Phi) is 4.60. The van der Waals surface area contributed by atoms with E-state index in [-0.39, 0.29) is 16.6 Å². The molecule has 0 saturated carbocycles. The maximum Gasteiger partial charge on any atom is 0.244 e. The standard InChI is InChI=1S/C14H17ClF2N2O/c1-2-4-14(5-3-6-18-14)13(20)19-12-10(15)7-9(16)8-11(12)17/h7-8,18H,2-6H2,1H3,(H,19,20). The van der Waals surface area contributed by atoms with Crippen LogP contribution in [0.25, 0.3) is 0 Å². The van der Waals surface area contributed by atoms with E-state index in [0.29, 0.717) is 18.9 Å². The van der Waals surface area contributed by atoms with E-state index in [2.05, 4.69) is 10.6 Å². The van der Waals surface area contributed by atoms with Crippen molar-refractivity contribution in [3.05, 3.63) is 28.8 Å². The lowest BCUT2D eigenvalue weighted by Crippen LogP contribution is -2.50. The molecule has 1 aromatic carbocycles. The minimum absolute atomic E-state index is 0.138. The van der Waals surface area contributed by atoms with Crippen molar-refractivity contribution in [2.24, 2.45) is 0 Å². The van der Waals surface area contributed by atoms with Crippen LogP contribution in [-0.4, -0.2) is 18.0 Å². The summed E-state index contributed by atoms with van der Waals surface area (Å²) in [5.41, 5.74) is -0.846. The summed E-state index contributed by atoms with van der Waals surface area (Å²) in [7, 11) is 0. The number of carbonyl (C=O) groups is 1. The summed E-state index contributed by atoms with van der Waals surface area (Å²) < 4.78 is 26.7. The predicted molar refractivity (Wildman–Crippen MR) is 74.9 cm³/mol. The summed E-state index contributed by atoms with van der Waals surface area (Å²) in [6, 6.07) is 1.69. The minimum Gasteiger partial charge on any atom is -0.321 e. The van der Waals surface area contributed by atoms with E-state index in [1.54, 1.807) is 0 Å². The van der Waals surface area contributed by atoms with Gasteiger partial charge in [0.05, 0.1) is 16.2 Å². The highest BCUT2D eigenvalue weighted by Gasteiger charge is 2.40. The van der Waals surface area contributed by atoms with E-state index < -0.39 is 17.2 Å². The molecule has 0 spiro atoms. The number of halogens is 3. The third-order valence-electron chi connectivity index (χ3n) is 3.60. The van der Waals surface area contributed by atoms with Crippen LogP contribution in [0.4, 0.5) is 14.5 Å². The monoisotopic (exact) mass is 302 g/mol. The summed E-state index contributed by atoms with van der Waals surface area (Å²) in [6.07, 6.45) is 3.10. The molecule has 110 valence electrons. The molecule has 0 aromatic heterocycles. The first-order valence-corrected chi connectivity index (χ1v) is 7.07. The number of rotatable bonds is 4. The van der Waals surface area contributed by atoms with E-state index in [1.165, 1.54) is 0 Å². The zero-order valence-electron chi connectivity index (χ0n) is 11.2. The van der Waals surface area contributed by atoms with Gasteiger partial charge in [0.2, 0.25) is 5.91 Å². The van der Waals surface area contributed by atoms with Crippen LogP contribution in [0, 0.1) is 11.6 Å². The summed E-state index contributed by atoms with van der Waals surface area (Å²) in [5.74, 6) is -1.95. The first-order chi connectivity index (χ1) is 9.48. The molecule has 0 aliphatic carbocycles. The van der Waals surface area contributed by atoms with Crippen LogP contribution in [-0.2, 0) is 4.79 Å². The number of amides is 1. The Bertz CT molecular complexity index is 493. The lowest BCUT2D eigenvalue weighted by atomic mass is 9.90. The Labute approximate surface area is 121 Å². The van der Waals surface area contributed by atoms with Crippen molar-refractivity contribution in [1.29, 1.82) is 0 Å². The summed E-state index contributed by atoms with van der Waals surface area (Å²) in [5, 5.41) is 5.55. The van der Waals surface area contributed by atoms with Gasteiger partial charge < -0.3 is 10.6 Å². The van der Waals surface area contributed by atoms with Gasteiger partial charge in [-0.1, -0.05) is 24.9 Å². The molecule has 1 fully saturated rings. The molecule has 0 bridgehead atoms. The molecule has 2 rings (SSSR count). The molecule has 1 aliphatic heterocycles. The van der Waals surface area contributed by atoms with Gasteiger partial charge in [-0.3, -0.25) is 4.79 Å². The van der Waals surface area contributed by atoms with Gasteiger partial charge in [0.15, 0.2) is 5.82 Å². The highest BCUT2D eigenvalue weighted by atomic mass is 35.5. The Balaban J connectivity index is 2.23. The van der Waals surface area contributed by atoms with E-state index >= 15 is 0 Å². The van der Waals surface area contributed by atoms with Crippen molar-refractivity contribution in [3.8, 4) is 0 Å². The molecular weight excluding hydrogens is 286 g/mol. The molecule has 2 N–H and O–H groups in total. The SMILES string of the molecule is CCCC1(C(=O)Nc2c(F)cc(F)cc2Cl)CCCN1. The van der Waals surface area contributed by atoms with Crippen LogP contribution in [0.3, 0.4) is 0 Å². The second-order valence-corrected chi connectivity index (χ2v) is 5.47. The zero-order chi connectivity index (χ0) is 14.8. The molecule has 1 aromatic rings. The Morgan fingerprint density at radius 3 is 2.80 bits per heavy atom. The van der Waals surface area contributed by atoms with Crippen LogP contribution in [0.5, 0.6) is 0 Å². The fraction of sp³-hybridized carbons (Fsp3) is 0.500. The normalized spacial score (nSPS) is 22.0. The van der Waals surface area contributed by atoms with Gasteiger partial charge >= 0.3 is 0 Å². The average molecular weight is 303 g/mol. The van der Waals surface area contributed by atoms with Crippen molar-refractivity contribution < 1.29 is 13.6 Å². The van der Waals surface area contributed by atoms with Crippen molar-refractivity contribution in [2.75, 3.05) is 11.9 Å². The number of nitrogens with one attached hydrogen (secondary N) is 2. The predicted octanol–water partition coefficient (Wildman–Crippen LogP) is 3.48. The van der Waals surface area contributed by atoms with Gasteiger partial charge in [0.25, 0.3) is 0 Å². The molecule has 1 saturated heterocycles. The largest absolute Gasteiger partial charge is 0.321 e. The fourth-order valence-electron chi connectivity index (χ4n) is 2.65. The van der Waals surface area contributed by atoms with Crippen LogP contribution in [0.15, 0.2) is 12.1 Å². The molecular formula is C14H17ClF2N2O. The van der Waals surface area contributed by atoms with Crippen molar-refractivity contribution >= 4 is 23.2 Å². The molecule has 1 aliphatic rings. The summed E-state index contributed by atoms with van der Waals surface area (Å²) in [4.78, 5) is 12.4. The first kappa shape index (κ1) is 15.2. The number of anilines is 1. The van der Waals surface area contributed by atoms with Crippen molar-refractivity contribution in [3.63, 3.8) is 0 Å². The van der Waals surface area contributed by atoms with E-state index in [4.69, 9.17) is 11.6 Å². The number of carbonyl (C=O) groups excluding carboxylic acids is 1. The molecule has 1 amide bonds. The lowest BCUT2D eigenvalue weighted by molar-refractivity contribution is -0.122. The van der Waals surface area contributed by atoms with Crippen LogP contribution in [0.1, 0.15) is 32.6 Å². The van der Waals surface area contributed by atoms with Crippen LogP contribution < -0.4 is 10.6 Å². The van der Waals surface area contributed by atoms with E-state index in [0.717, 1.165) is 25.5 Å². The van der Waals surface area contributed by atoms with Gasteiger partial charge in [0, 0.05) is 6.07 Å². The van der Waals surface area contributed by atoms with Gasteiger partial charge in [-0.05, 0) is 31.9 Å². The zero-order valence-corrected chi connectivity index (χ0v) is 12.0. The quantitative estimate of drug-likeness (QED) is 0.894. The topological polar surface area (TPSA) is 41.1 Å². The van der Waals surface area contributed by atoms with Crippen molar-refractivity contribution in [1.82, 2.24) is 5.32 Å². The molecule has 1 atom stereocenters. The highest BCUT2D eigenvalue weighted by molar-refractivity contribution is 6.33. The molecule has 3 nitrogen and oxygen atoms in total. The van der Waals surface area contributed by atoms with E-state index in [1.807, 2.05) is 6.92 Å². The van der Waals surface area contributed by atoms with Crippen molar-refractivity contribution in [2.45, 2.75) is 38.1 Å². The maximum atomic E-state index is 13.7. The average Bonchev–Trinajstić information content (AvgIpc) is 2.83. The number of hydrogen-bond donors (Lipinski definition) is 2.